The summed E-state index contributed by atoms with van der Waals surface area (Å²) in [6.07, 6.45) is 0.333. The molecule has 1 fully saturated rings. The maximum absolute atomic E-state index is 13.1. The summed E-state index contributed by atoms with van der Waals surface area (Å²) in [5.74, 6) is -0.175. The van der Waals surface area contributed by atoms with Crippen LogP contribution >= 0.6 is 15.9 Å². The van der Waals surface area contributed by atoms with Gasteiger partial charge >= 0.3 is 6.03 Å². The quantitative estimate of drug-likeness (QED) is 0.614. The SMILES string of the molecule is CCC1(c2ccc(OC)cc2)NC(=O)N(CCS(=O)(=O)c2ccc(Br)cc2)C1=O. The van der Waals surface area contributed by atoms with E-state index in [0.29, 0.717) is 17.7 Å². The standard InChI is InChI=1S/C20H21BrN2O5S/c1-3-20(14-4-8-16(28-2)9-5-14)18(24)23(19(25)22-20)12-13-29(26,27)17-10-6-15(21)7-11-17/h4-11H,3,12-13H2,1-2H3,(H,22,25). The van der Waals surface area contributed by atoms with E-state index < -0.39 is 27.3 Å². The molecule has 29 heavy (non-hydrogen) atoms. The molecule has 3 amide bonds. The topological polar surface area (TPSA) is 92.8 Å². The number of methoxy groups -OCH3 is 1. The first-order valence-electron chi connectivity index (χ1n) is 9.00. The van der Waals surface area contributed by atoms with Crippen molar-refractivity contribution in [3.05, 3.63) is 58.6 Å². The van der Waals surface area contributed by atoms with E-state index in [2.05, 4.69) is 21.2 Å². The molecular formula is C20H21BrN2O5S. The van der Waals surface area contributed by atoms with E-state index in [1.54, 1.807) is 50.4 Å². The lowest BCUT2D eigenvalue weighted by Crippen LogP contribution is -2.43. The molecule has 1 heterocycles. The van der Waals surface area contributed by atoms with E-state index in [1.807, 2.05) is 0 Å². The summed E-state index contributed by atoms with van der Waals surface area (Å²) in [5, 5.41) is 2.75. The largest absolute Gasteiger partial charge is 0.497 e. The Morgan fingerprint density at radius 1 is 1.07 bits per heavy atom. The third-order valence-corrected chi connectivity index (χ3v) is 7.28. The van der Waals surface area contributed by atoms with Crippen LogP contribution in [0.15, 0.2) is 57.9 Å². The van der Waals surface area contributed by atoms with E-state index in [1.165, 1.54) is 12.1 Å². The zero-order valence-corrected chi connectivity index (χ0v) is 18.4. The molecule has 1 aliphatic rings. The van der Waals surface area contributed by atoms with Crippen molar-refractivity contribution in [2.75, 3.05) is 19.4 Å². The van der Waals surface area contributed by atoms with Gasteiger partial charge in [0.15, 0.2) is 9.84 Å². The Morgan fingerprint density at radius 2 is 1.69 bits per heavy atom. The average Bonchev–Trinajstić information content (AvgIpc) is 2.97. The first kappa shape index (κ1) is 21.3. The number of ether oxygens (including phenoxy) is 1. The number of carbonyl (C=O) groups is 2. The van der Waals surface area contributed by atoms with E-state index in [0.717, 1.165) is 9.37 Å². The molecule has 0 spiro atoms. The molecule has 0 saturated carbocycles. The Kier molecular flexibility index (Phi) is 6.00. The van der Waals surface area contributed by atoms with Gasteiger partial charge < -0.3 is 10.1 Å². The van der Waals surface area contributed by atoms with Gasteiger partial charge in [0.1, 0.15) is 11.3 Å². The zero-order chi connectivity index (χ0) is 21.2. The number of benzene rings is 2. The molecule has 154 valence electrons. The summed E-state index contributed by atoms with van der Waals surface area (Å²) in [5.41, 5.74) is -0.595. The molecule has 1 unspecified atom stereocenters. The van der Waals surface area contributed by atoms with Crippen molar-refractivity contribution in [3.63, 3.8) is 0 Å². The average molecular weight is 481 g/mol. The fraction of sp³-hybridized carbons (Fsp3) is 0.300. The van der Waals surface area contributed by atoms with Crippen molar-refractivity contribution in [1.82, 2.24) is 10.2 Å². The summed E-state index contributed by atoms with van der Waals surface area (Å²) >= 11 is 3.26. The molecule has 7 nitrogen and oxygen atoms in total. The van der Waals surface area contributed by atoms with Crippen LogP contribution in [0.4, 0.5) is 4.79 Å². The van der Waals surface area contributed by atoms with Gasteiger partial charge in [-0.25, -0.2) is 13.2 Å². The first-order valence-corrected chi connectivity index (χ1v) is 11.4. The van der Waals surface area contributed by atoms with Crippen molar-refractivity contribution in [2.24, 2.45) is 0 Å². The van der Waals surface area contributed by atoms with Crippen LogP contribution in [0.2, 0.25) is 0 Å². The number of carbonyl (C=O) groups excluding carboxylic acids is 2. The van der Waals surface area contributed by atoms with Crippen molar-refractivity contribution in [3.8, 4) is 5.75 Å². The van der Waals surface area contributed by atoms with Crippen molar-refractivity contribution >= 4 is 37.7 Å². The summed E-state index contributed by atoms with van der Waals surface area (Å²) in [7, 11) is -2.10. The lowest BCUT2D eigenvalue weighted by atomic mass is 9.87. The second kappa shape index (κ2) is 8.16. The Bertz CT molecular complexity index is 1020. The second-order valence-electron chi connectivity index (χ2n) is 6.65. The van der Waals surface area contributed by atoms with Crippen LogP contribution in [0.1, 0.15) is 18.9 Å². The number of sulfone groups is 1. The normalized spacial score (nSPS) is 19.3. The van der Waals surface area contributed by atoms with E-state index in [4.69, 9.17) is 4.74 Å². The number of hydrogen-bond acceptors (Lipinski definition) is 5. The number of rotatable bonds is 7. The summed E-state index contributed by atoms with van der Waals surface area (Å²) in [4.78, 5) is 26.8. The number of urea groups is 1. The summed E-state index contributed by atoms with van der Waals surface area (Å²) in [6.45, 7) is 1.57. The monoisotopic (exact) mass is 480 g/mol. The van der Waals surface area contributed by atoms with Crippen molar-refractivity contribution in [2.45, 2.75) is 23.8 Å². The molecule has 9 heteroatoms. The molecule has 0 bridgehead atoms. The molecule has 1 saturated heterocycles. The van der Waals surface area contributed by atoms with Crippen LogP contribution in [0.25, 0.3) is 0 Å². The molecule has 3 rings (SSSR count). The smallest absolute Gasteiger partial charge is 0.325 e. The van der Waals surface area contributed by atoms with Gasteiger partial charge in [-0.1, -0.05) is 35.0 Å². The van der Waals surface area contributed by atoms with Gasteiger partial charge in [-0.3, -0.25) is 9.69 Å². The summed E-state index contributed by atoms with van der Waals surface area (Å²) < 4.78 is 31.1. The highest BCUT2D eigenvalue weighted by atomic mass is 79.9. The third-order valence-electron chi connectivity index (χ3n) is 5.05. The Labute approximate surface area is 178 Å². The number of amides is 3. The van der Waals surface area contributed by atoms with Gasteiger partial charge in [0.05, 0.1) is 17.8 Å². The highest BCUT2D eigenvalue weighted by Gasteiger charge is 2.51. The van der Waals surface area contributed by atoms with Gasteiger partial charge in [-0.15, -0.1) is 0 Å². The van der Waals surface area contributed by atoms with E-state index in [-0.39, 0.29) is 17.2 Å². The predicted octanol–water partition coefficient (Wildman–Crippen LogP) is 3.09. The van der Waals surface area contributed by atoms with Crippen LogP contribution in [0, 0.1) is 0 Å². The van der Waals surface area contributed by atoms with Gasteiger partial charge in [0.2, 0.25) is 0 Å². The minimum Gasteiger partial charge on any atom is -0.497 e. The fourth-order valence-corrected chi connectivity index (χ4v) is 4.79. The van der Waals surface area contributed by atoms with E-state index in [9.17, 15) is 18.0 Å². The molecule has 0 radical (unpaired) electrons. The van der Waals surface area contributed by atoms with Gasteiger partial charge in [0.25, 0.3) is 5.91 Å². The second-order valence-corrected chi connectivity index (χ2v) is 9.67. The van der Waals surface area contributed by atoms with Crippen LogP contribution in [-0.2, 0) is 20.2 Å². The maximum atomic E-state index is 13.1. The predicted molar refractivity (Wildman–Crippen MR) is 111 cm³/mol. The highest BCUT2D eigenvalue weighted by molar-refractivity contribution is 9.10. The lowest BCUT2D eigenvalue weighted by Gasteiger charge is -2.26. The molecule has 2 aromatic rings. The molecule has 0 aromatic heterocycles. The maximum Gasteiger partial charge on any atom is 0.325 e. The minimum atomic E-state index is -3.64. The van der Waals surface area contributed by atoms with Crippen molar-refractivity contribution in [1.29, 1.82) is 0 Å². The van der Waals surface area contributed by atoms with Gasteiger partial charge in [0, 0.05) is 11.0 Å². The Hall–Kier alpha value is -2.39. The van der Waals surface area contributed by atoms with Crippen LogP contribution in [0.3, 0.4) is 0 Å². The molecule has 2 aromatic carbocycles. The number of nitrogens with zero attached hydrogens (tertiary/aromatic N) is 1. The highest BCUT2D eigenvalue weighted by Crippen LogP contribution is 2.33. The first-order chi connectivity index (χ1) is 13.7. The van der Waals surface area contributed by atoms with Crippen molar-refractivity contribution < 1.29 is 22.7 Å². The molecule has 1 aliphatic heterocycles. The van der Waals surface area contributed by atoms with Crippen LogP contribution in [-0.4, -0.2) is 44.7 Å². The molecule has 0 aliphatic carbocycles. The molecular weight excluding hydrogens is 460 g/mol. The summed E-state index contributed by atoms with van der Waals surface area (Å²) in [6, 6.07) is 12.5. The van der Waals surface area contributed by atoms with Gasteiger partial charge in [-0.05, 0) is 48.4 Å². The minimum absolute atomic E-state index is 0.143. The number of imide groups is 1. The number of halogens is 1. The van der Waals surface area contributed by atoms with E-state index >= 15 is 0 Å². The third kappa shape index (κ3) is 4.02. The zero-order valence-electron chi connectivity index (χ0n) is 16.0. The van der Waals surface area contributed by atoms with Crippen LogP contribution in [0.5, 0.6) is 5.75 Å². The van der Waals surface area contributed by atoms with Gasteiger partial charge in [-0.2, -0.15) is 0 Å². The Morgan fingerprint density at radius 3 is 2.24 bits per heavy atom. The lowest BCUT2D eigenvalue weighted by molar-refractivity contribution is -0.131. The molecule has 1 N–H and O–H groups in total. The fourth-order valence-electron chi connectivity index (χ4n) is 3.32. The van der Waals surface area contributed by atoms with Crippen LogP contribution < -0.4 is 10.1 Å². The number of nitrogens with one attached hydrogen (secondary N) is 1. The molecule has 1 atom stereocenters. The Balaban J connectivity index is 1.81. The number of hydrogen-bond donors (Lipinski definition) is 1.